The zero-order valence-corrected chi connectivity index (χ0v) is 14.1. The van der Waals surface area contributed by atoms with Crippen molar-refractivity contribution in [2.45, 2.75) is 64.3 Å². The van der Waals surface area contributed by atoms with E-state index < -0.39 is 0 Å². The Morgan fingerprint density at radius 2 is 1.59 bits per heavy atom. The lowest BCUT2D eigenvalue weighted by Gasteiger charge is -2.59. The molecule has 1 unspecified atom stereocenters. The Morgan fingerprint density at radius 3 is 2.14 bits per heavy atom. The number of nitrogens with one attached hydrogen (secondary N) is 1. The zero-order valence-electron chi connectivity index (χ0n) is 14.1. The average molecular weight is 297 g/mol. The van der Waals surface area contributed by atoms with Gasteiger partial charge in [0.25, 0.3) is 0 Å². The molecule has 1 N–H and O–H groups in total. The highest BCUT2D eigenvalue weighted by atomic mass is 14.9. The number of hydrogen-bond acceptors (Lipinski definition) is 1. The van der Waals surface area contributed by atoms with E-state index in [0.29, 0.717) is 11.5 Å². The lowest BCUT2D eigenvalue weighted by Crippen LogP contribution is -2.56. The molecule has 4 fully saturated rings. The van der Waals surface area contributed by atoms with Crippen molar-refractivity contribution < 1.29 is 0 Å². The maximum Gasteiger partial charge on any atom is 0.0164 e. The molecular weight excluding hydrogens is 266 g/mol. The second-order valence-corrected chi connectivity index (χ2v) is 8.48. The molecule has 1 heteroatoms. The Labute approximate surface area is 135 Å². The topological polar surface area (TPSA) is 12.0 Å². The van der Waals surface area contributed by atoms with Crippen LogP contribution >= 0.6 is 0 Å². The molecule has 4 saturated carbocycles. The summed E-state index contributed by atoms with van der Waals surface area (Å²) in [5.74, 6) is 3.15. The van der Waals surface area contributed by atoms with E-state index in [1.807, 2.05) is 0 Å². The minimum Gasteiger partial charge on any atom is -0.313 e. The molecule has 120 valence electrons. The van der Waals surface area contributed by atoms with Gasteiger partial charge in [0.15, 0.2) is 0 Å². The van der Waals surface area contributed by atoms with Crippen molar-refractivity contribution in [1.82, 2.24) is 5.32 Å². The molecule has 1 atom stereocenters. The average Bonchev–Trinajstić information content (AvgIpc) is 2.51. The molecule has 0 aliphatic heterocycles. The van der Waals surface area contributed by atoms with Crippen LogP contribution in [0.5, 0.6) is 0 Å². The Hall–Kier alpha value is -0.820. The van der Waals surface area contributed by atoms with Crippen LogP contribution in [0, 0.1) is 23.2 Å². The standard InChI is InChI=1S/C21H31N/c1-2-8-22-20(12-16-6-4-3-5-7-16)21-13-17-9-18(14-21)11-19(10-17)15-21/h3-7,17-20,22H,2,8-15H2,1H3. The largest absolute Gasteiger partial charge is 0.313 e. The first-order valence-corrected chi connectivity index (χ1v) is 9.55. The molecule has 4 bridgehead atoms. The summed E-state index contributed by atoms with van der Waals surface area (Å²) >= 11 is 0. The van der Waals surface area contributed by atoms with E-state index in [4.69, 9.17) is 0 Å². The fourth-order valence-corrected chi connectivity index (χ4v) is 6.28. The van der Waals surface area contributed by atoms with Crippen LogP contribution in [0.25, 0.3) is 0 Å². The monoisotopic (exact) mass is 297 g/mol. The maximum absolute atomic E-state index is 3.97. The Bertz CT molecular complexity index is 457. The van der Waals surface area contributed by atoms with Crippen LogP contribution in [0.3, 0.4) is 0 Å². The van der Waals surface area contributed by atoms with Gasteiger partial charge < -0.3 is 5.32 Å². The van der Waals surface area contributed by atoms with Crippen LogP contribution in [-0.2, 0) is 6.42 Å². The summed E-state index contributed by atoms with van der Waals surface area (Å²) in [6, 6.07) is 11.9. The van der Waals surface area contributed by atoms with E-state index in [1.165, 1.54) is 44.2 Å². The third-order valence-corrected chi connectivity index (χ3v) is 6.75. The summed E-state index contributed by atoms with van der Waals surface area (Å²) in [5.41, 5.74) is 2.13. The maximum atomic E-state index is 3.97. The van der Waals surface area contributed by atoms with Crippen LogP contribution in [0.4, 0.5) is 0 Å². The third-order valence-electron chi connectivity index (χ3n) is 6.75. The molecule has 4 aliphatic carbocycles. The molecule has 1 aromatic carbocycles. The minimum atomic E-state index is 0.611. The highest BCUT2D eigenvalue weighted by Crippen LogP contribution is 2.61. The van der Waals surface area contributed by atoms with Crippen molar-refractivity contribution in [2.75, 3.05) is 6.54 Å². The Balaban J connectivity index is 1.57. The van der Waals surface area contributed by atoms with Crippen LogP contribution in [-0.4, -0.2) is 12.6 Å². The highest BCUT2D eigenvalue weighted by Gasteiger charge is 2.53. The van der Waals surface area contributed by atoms with Crippen molar-refractivity contribution >= 4 is 0 Å². The molecule has 0 saturated heterocycles. The Kier molecular flexibility index (Phi) is 4.02. The predicted molar refractivity (Wildman–Crippen MR) is 92.8 cm³/mol. The fraction of sp³-hybridized carbons (Fsp3) is 0.714. The lowest BCUT2D eigenvalue weighted by atomic mass is 9.47. The van der Waals surface area contributed by atoms with Gasteiger partial charge in [-0.15, -0.1) is 0 Å². The predicted octanol–water partition coefficient (Wildman–Crippen LogP) is 4.81. The van der Waals surface area contributed by atoms with Gasteiger partial charge in [-0.05, 0) is 86.6 Å². The number of benzene rings is 1. The minimum absolute atomic E-state index is 0.611. The summed E-state index contributed by atoms with van der Waals surface area (Å²) < 4.78 is 0. The van der Waals surface area contributed by atoms with Gasteiger partial charge in [0, 0.05) is 6.04 Å². The molecule has 0 heterocycles. The van der Waals surface area contributed by atoms with Crippen LogP contribution in [0.2, 0.25) is 0 Å². The quantitative estimate of drug-likeness (QED) is 0.794. The summed E-state index contributed by atoms with van der Waals surface area (Å²) in [4.78, 5) is 0. The van der Waals surface area contributed by atoms with Gasteiger partial charge in [-0.2, -0.15) is 0 Å². The molecule has 1 aromatic rings. The normalized spacial score (nSPS) is 37.4. The van der Waals surface area contributed by atoms with E-state index in [1.54, 1.807) is 19.3 Å². The summed E-state index contributed by atoms with van der Waals surface area (Å²) in [6.07, 6.45) is 11.6. The van der Waals surface area contributed by atoms with Crippen molar-refractivity contribution in [1.29, 1.82) is 0 Å². The SMILES string of the molecule is CCCNC(Cc1ccccc1)C12CC3CC(CC(C3)C1)C2. The fourth-order valence-electron chi connectivity index (χ4n) is 6.28. The number of rotatable bonds is 6. The van der Waals surface area contributed by atoms with Gasteiger partial charge in [-0.3, -0.25) is 0 Å². The van der Waals surface area contributed by atoms with Crippen molar-refractivity contribution in [3.63, 3.8) is 0 Å². The van der Waals surface area contributed by atoms with Crippen molar-refractivity contribution in [3.05, 3.63) is 35.9 Å². The first kappa shape index (κ1) is 14.8. The molecular formula is C21H31N. The van der Waals surface area contributed by atoms with E-state index in [0.717, 1.165) is 17.8 Å². The third kappa shape index (κ3) is 2.73. The molecule has 0 spiro atoms. The smallest absolute Gasteiger partial charge is 0.0164 e. The van der Waals surface area contributed by atoms with E-state index in [9.17, 15) is 0 Å². The summed E-state index contributed by atoms with van der Waals surface area (Å²) in [5, 5.41) is 3.97. The molecule has 5 rings (SSSR count). The second-order valence-electron chi connectivity index (χ2n) is 8.48. The zero-order chi connectivity index (χ0) is 15.0. The van der Waals surface area contributed by atoms with Gasteiger partial charge in [0.1, 0.15) is 0 Å². The molecule has 4 aliphatic rings. The van der Waals surface area contributed by atoms with E-state index in [2.05, 4.69) is 42.6 Å². The highest BCUT2D eigenvalue weighted by molar-refractivity contribution is 5.18. The van der Waals surface area contributed by atoms with Gasteiger partial charge >= 0.3 is 0 Å². The Morgan fingerprint density at radius 1 is 1.00 bits per heavy atom. The molecule has 1 nitrogen and oxygen atoms in total. The van der Waals surface area contributed by atoms with Crippen LogP contribution in [0.1, 0.15) is 57.4 Å². The first-order chi connectivity index (χ1) is 10.8. The molecule has 0 aromatic heterocycles. The van der Waals surface area contributed by atoms with Gasteiger partial charge in [0.2, 0.25) is 0 Å². The van der Waals surface area contributed by atoms with Gasteiger partial charge in [-0.25, -0.2) is 0 Å². The van der Waals surface area contributed by atoms with Gasteiger partial charge in [0.05, 0.1) is 0 Å². The lowest BCUT2D eigenvalue weighted by molar-refractivity contribution is -0.0736. The van der Waals surface area contributed by atoms with Gasteiger partial charge in [-0.1, -0.05) is 37.3 Å². The first-order valence-electron chi connectivity index (χ1n) is 9.55. The molecule has 0 radical (unpaired) electrons. The molecule has 0 amide bonds. The summed E-state index contributed by atoms with van der Waals surface area (Å²) in [7, 11) is 0. The van der Waals surface area contributed by atoms with Crippen molar-refractivity contribution in [2.24, 2.45) is 23.2 Å². The van der Waals surface area contributed by atoms with Crippen molar-refractivity contribution in [3.8, 4) is 0 Å². The summed E-state index contributed by atoms with van der Waals surface area (Å²) in [6.45, 7) is 3.48. The van der Waals surface area contributed by atoms with E-state index >= 15 is 0 Å². The second kappa shape index (κ2) is 6.00. The number of hydrogen-bond donors (Lipinski definition) is 1. The van der Waals surface area contributed by atoms with Crippen LogP contribution < -0.4 is 5.32 Å². The van der Waals surface area contributed by atoms with E-state index in [-0.39, 0.29) is 0 Å². The van der Waals surface area contributed by atoms with Crippen LogP contribution in [0.15, 0.2) is 30.3 Å². The molecule has 22 heavy (non-hydrogen) atoms.